The molecular formula is C21H28N2O3. The normalized spacial score (nSPS) is 15.6. The van der Waals surface area contributed by atoms with E-state index in [0.717, 1.165) is 36.7 Å². The minimum absolute atomic E-state index is 0.0410. The molecule has 26 heavy (non-hydrogen) atoms. The average Bonchev–Trinajstić information content (AvgIpc) is 3.11. The van der Waals surface area contributed by atoms with Crippen LogP contribution in [0.4, 0.5) is 0 Å². The van der Waals surface area contributed by atoms with Gasteiger partial charge in [0.1, 0.15) is 5.58 Å². The third-order valence-electron chi connectivity index (χ3n) is 5.46. The molecule has 2 amide bonds. The van der Waals surface area contributed by atoms with Crippen LogP contribution in [-0.2, 0) is 4.79 Å². The van der Waals surface area contributed by atoms with E-state index in [4.69, 9.17) is 4.42 Å². The van der Waals surface area contributed by atoms with E-state index in [0.29, 0.717) is 31.3 Å². The van der Waals surface area contributed by atoms with E-state index < -0.39 is 0 Å². The monoisotopic (exact) mass is 356 g/mol. The van der Waals surface area contributed by atoms with E-state index >= 15 is 0 Å². The number of rotatable bonds is 6. The molecule has 1 fully saturated rings. The molecule has 1 saturated heterocycles. The maximum atomic E-state index is 12.7. The molecule has 1 aliphatic rings. The Bertz CT molecular complexity index is 722. The predicted octanol–water partition coefficient (Wildman–Crippen LogP) is 3.84. The van der Waals surface area contributed by atoms with Gasteiger partial charge in [0.2, 0.25) is 5.91 Å². The van der Waals surface area contributed by atoms with Crippen LogP contribution in [0.25, 0.3) is 11.0 Å². The molecule has 0 unspecified atom stereocenters. The largest absolute Gasteiger partial charge is 0.451 e. The molecule has 3 rings (SSSR count). The Morgan fingerprint density at radius 3 is 2.54 bits per heavy atom. The number of carbonyl (C=O) groups is 2. The minimum atomic E-state index is -0.0410. The van der Waals surface area contributed by atoms with Crippen LogP contribution in [0.1, 0.15) is 50.1 Å². The zero-order chi connectivity index (χ0) is 18.5. The van der Waals surface area contributed by atoms with Crippen molar-refractivity contribution < 1.29 is 14.0 Å². The molecule has 0 bridgehead atoms. The lowest BCUT2D eigenvalue weighted by molar-refractivity contribution is -0.125. The van der Waals surface area contributed by atoms with Gasteiger partial charge >= 0.3 is 0 Å². The van der Waals surface area contributed by atoms with Crippen LogP contribution < -0.4 is 5.32 Å². The van der Waals surface area contributed by atoms with Crippen molar-refractivity contribution in [3.8, 4) is 0 Å². The molecule has 0 aliphatic carbocycles. The van der Waals surface area contributed by atoms with Gasteiger partial charge < -0.3 is 14.6 Å². The molecule has 0 saturated carbocycles. The summed E-state index contributed by atoms with van der Waals surface area (Å²) in [6.45, 7) is 6.23. The van der Waals surface area contributed by atoms with Gasteiger partial charge in [-0.05, 0) is 43.7 Å². The first-order chi connectivity index (χ1) is 12.6. The third kappa shape index (κ3) is 4.09. The SMILES string of the molecule is CCC(CC)C(=O)NCC1CCN(C(=O)c2cc3ccccc3o2)CC1. The second-order valence-corrected chi connectivity index (χ2v) is 7.14. The quantitative estimate of drug-likeness (QED) is 0.855. The number of para-hydroxylation sites is 1. The van der Waals surface area contributed by atoms with E-state index in [2.05, 4.69) is 19.2 Å². The lowest BCUT2D eigenvalue weighted by Crippen LogP contribution is -2.42. The molecule has 0 spiro atoms. The second-order valence-electron chi connectivity index (χ2n) is 7.14. The first kappa shape index (κ1) is 18.5. The van der Waals surface area contributed by atoms with Gasteiger partial charge in [-0.2, -0.15) is 0 Å². The van der Waals surface area contributed by atoms with Crippen molar-refractivity contribution in [2.45, 2.75) is 39.5 Å². The van der Waals surface area contributed by atoms with Crippen molar-refractivity contribution >= 4 is 22.8 Å². The molecule has 5 nitrogen and oxygen atoms in total. The molecular weight excluding hydrogens is 328 g/mol. The predicted molar refractivity (Wildman–Crippen MR) is 102 cm³/mol. The highest BCUT2D eigenvalue weighted by Gasteiger charge is 2.26. The van der Waals surface area contributed by atoms with Crippen LogP contribution in [0.15, 0.2) is 34.7 Å². The van der Waals surface area contributed by atoms with Crippen LogP contribution in [0.5, 0.6) is 0 Å². The number of nitrogens with zero attached hydrogens (tertiary/aromatic N) is 1. The Labute approximate surface area is 154 Å². The van der Waals surface area contributed by atoms with Crippen LogP contribution in [0.2, 0.25) is 0 Å². The Balaban J connectivity index is 1.50. The number of carbonyl (C=O) groups excluding carboxylic acids is 2. The molecule has 1 aromatic heterocycles. The van der Waals surface area contributed by atoms with Crippen molar-refractivity contribution in [2.24, 2.45) is 11.8 Å². The highest BCUT2D eigenvalue weighted by molar-refractivity contribution is 5.96. The van der Waals surface area contributed by atoms with Gasteiger partial charge in [-0.25, -0.2) is 0 Å². The van der Waals surface area contributed by atoms with Gasteiger partial charge in [0.15, 0.2) is 5.76 Å². The molecule has 140 valence electrons. The zero-order valence-corrected chi connectivity index (χ0v) is 15.7. The van der Waals surface area contributed by atoms with Gasteiger partial charge in [-0.1, -0.05) is 32.0 Å². The highest BCUT2D eigenvalue weighted by Crippen LogP contribution is 2.23. The number of furan rings is 1. The number of piperidine rings is 1. The molecule has 1 aliphatic heterocycles. The topological polar surface area (TPSA) is 62.6 Å². The highest BCUT2D eigenvalue weighted by atomic mass is 16.3. The molecule has 2 heterocycles. The summed E-state index contributed by atoms with van der Waals surface area (Å²) in [5, 5.41) is 4.04. The summed E-state index contributed by atoms with van der Waals surface area (Å²) in [7, 11) is 0. The lowest BCUT2D eigenvalue weighted by Gasteiger charge is -2.31. The van der Waals surface area contributed by atoms with Crippen molar-refractivity contribution in [3.05, 3.63) is 36.1 Å². The number of hydrogen-bond donors (Lipinski definition) is 1. The van der Waals surface area contributed by atoms with Gasteiger partial charge in [0, 0.05) is 30.9 Å². The van der Waals surface area contributed by atoms with E-state index in [9.17, 15) is 9.59 Å². The first-order valence-corrected chi connectivity index (χ1v) is 9.67. The fraction of sp³-hybridized carbons (Fsp3) is 0.524. The van der Waals surface area contributed by atoms with Crippen LogP contribution >= 0.6 is 0 Å². The number of nitrogens with one attached hydrogen (secondary N) is 1. The number of fused-ring (bicyclic) bond motifs is 1. The van der Waals surface area contributed by atoms with Crippen LogP contribution in [0.3, 0.4) is 0 Å². The van der Waals surface area contributed by atoms with E-state index in [1.54, 1.807) is 0 Å². The Morgan fingerprint density at radius 1 is 1.19 bits per heavy atom. The van der Waals surface area contributed by atoms with Crippen molar-refractivity contribution in [1.29, 1.82) is 0 Å². The summed E-state index contributed by atoms with van der Waals surface area (Å²) < 4.78 is 5.69. The fourth-order valence-corrected chi connectivity index (χ4v) is 3.63. The summed E-state index contributed by atoms with van der Waals surface area (Å²) in [6, 6.07) is 9.49. The lowest BCUT2D eigenvalue weighted by atomic mass is 9.95. The fourth-order valence-electron chi connectivity index (χ4n) is 3.63. The van der Waals surface area contributed by atoms with Crippen molar-refractivity contribution in [3.63, 3.8) is 0 Å². The Hall–Kier alpha value is -2.30. The standard InChI is InChI=1S/C21H28N2O3/c1-3-16(4-2)20(24)22-14-15-9-11-23(12-10-15)21(25)19-13-17-7-5-6-8-18(17)26-19/h5-8,13,15-16H,3-4,9-12,14H2,1-2H3,(H,22,24). The molecule has 0 radical (unpaired) electrons. The smallest absolute Gasteiger partial charge is 0.289 e. The summed E-state index contributed by atoms with van der Waals surface area (Å²) in [4.78, 5) is 26.6. The van der Waals surface area contributed by atoms with E-state index in [1.807, 2.05) is 35.2 Å². The average molecular weight is 356 g/mol. The maximum absolute atomic E-state index is 12.7. The Kier molecular flexibility index (Phi) is 5.96. The molecule has 2 aromatic rings. The van der Waals surface area contributed by atoms with Gasteiger partial charge in [-0.15, -0.1) is 0 Å². The van der Waals surface area contributed by atoms with Crippen LogP contribution in [0, 0.1) is 11.8 Å². The summed E-state index contributed by atoms with van der Waals surface area (Å²) >= 11 is 0. The van der Waals surface area contributed by atoms with Crippen molar-refractivity contribution in [2.75, 3.05) is 19.6 Å². The summed E-state index contributed by atoms with van der Waals surface area (Å²) in [5.74, 6) is 1.08. The maximum Gasteiger partial charge on any atom is 0.289 e. The van der Waals surface area contributed by atoms with Gasteiger partial charge in [0.05, 0.1) is 0 Å². The number of amides is 2. The second kappa shape index (κ2) is 8.39. The van der Waals surface area contributed by atoms with Gasteiger partial charge in [0.25, 0.3) is 5.91 Å². The molecule has 5 heteroatoms. The minimum Gasteiger partial charge on any atom is -0.451 e. The zero-order valence-electron chi connectivity index (χ0n) is 15.7. The number of hydrogen-bond acceptors (Lipinski definition) is 3. The van der Waals surface area contributed by atoms with E-state index in [-0.39, 0.29) is 17.7 Å². The summed E-state index contributed by atoms with van der Waals surface area (Å²) in [5.41, 5.74) is 0.745. The molecule has 1 N–H and O–H groups in total. The first-order valence-electron chi connectivity index (χ1n) is 9.67. The number of likely N-dealkylation sites (tertiary alicyclic amines) is 1. The van der Waals surface area contributed by atoms with Crippen molar-refractivity contribution in [1.82, 2.24) is 10.2 Å². The van der Waals surface area contributed by atoms with Crippen LogP contribution in [-0.4, -0.2) is 36.3 Å². The Morgan fingerprint density at radius 2 is 1.88 bits per heavy atom. The van der Waals surface area contributed by atoms with Gasteiger partial charge in [-0.3, -0.25) is 9.59 Å². The van der Waals surface area contributed by atoms with E-state index in [1.165, 1.54) is 0 Å². The summed E-state index contributed by atoms with van der Waals surface area (Å²) in [6.07, 6.45) is 3.59. The molecule has 0 atom stereocenters. The third-order valence-corrected chi connectivity index (χ3v) is 5.46. The molecule has 1 aromatic carbocycles. The number of benzene rings is 1.